The summed E-state index contributed by atoms with van der Waals surface area (Å²) in [6, 6.07) is 7.36. The monoisotopic (exact) mass is 341 g/mol. The largest absolute Gasteiger partial charge is 0.451 e. The summed E-state index contributed by atoms with van der Waals surface area (Å²) in [4.78, 5) is 24.7. The van der Waals surface area contributed by atoms with E-state index >= 15 is 0 Å². The molecule has 0 spiro atoms. The molecule has 2 N–H and O–H groups in total. The minimum atomic E-state index is -0.526. The fourth-order valence-corrected chi connectivity index (χ4v) is 2.68. The minimum absolute atomic E-state index is 0.00438. The molecule has 7 heteroatoms. The Morgan fingerprint density at radius 2 is 1.76 bits per heavy atom. The molecule has 3 rings (SSSR count). The number of aryl methyl sites for hydroxylation is 2. The normalized spacial score (nSPS) is 11.1. The average molecular weight is 341 g/mol. The highest BCUT2D eigenvalue weighted by atomic mass is 16.5. The van der Waals surface area contributed by atoms with E-state index in [1.807, 2.05) is 32.0 Å². The summed E-state index contributed by atoms with van der Waals surface area (Å²) >= 11 is 0. The number of para-hydroxylation sites is 1. The fraction of sp³-hybridized carbons (Fsp3) is 0.278. The summed E-state index contributed by atoms with van der Waals surface area (Å²) in [6.07, 6.45) is 0. The molecule has 25 heavy (non-hydrogen) atoms. The molecular formula is C18H19N3O4. The third-order valence-electron chi connectivity index (χ3n) is 3.98. The van der Waals surface area contributed by atoms with Gasteiger partial charge >= 0.3 is 5.91 Å². The number of nitrogens with one attached hydrogen (secondary N) is 2. The number of carbonyl (C=O) groups excluding carboxylic acids is 2. The molecular weight excluding hydrogens is 322 g/mol. The second kappa shape index (κ2) is 6.43. The first kappa shape index (κ1) is 16.8. The van der Waals surface area contributed by atoms with Crippen LogP contribution in [0, 0.1) is 13.8 Å². The van der Waals surface area contributed by atoms with Gasteiger partial charge in [0.1, 0.15) is 11.1 Å². The van der Waals surface area contributed by atoms with Crippen molar-refractivity contribution < 1.29 is 18.5 Å². The number of amides is 2. The molecule has 0 saturated carbocycles. The van der Waals surface area contributed by atoms with E-state index < -0.39 is 11.8 Å². The van der Waals surface area contributed by atoms with E-state index in [1.165, 1.54) is 0 Å². The zero-order valence-electron chi connectivity index (χ0n) is 14.5. The van der Waals surface area contributed by atoms with Crippen LogP contribution in [0.4, 0.5) is 0 Å². The summed E-state index contributed by atoms with van der Waals surface area (Å²) in [7, 11) is 0. The molecule has 2 aromatic heterocycles. The summed E-state index contributed by atoms with van der Waals surface area (Å²) in [6.45, 7) is 7.26. The molecule has 130 valence electrons. The van der Waals surface area contributed by atoms with Crippen LogP contribution in [0.5, 0.6) is 0 Å². The van der Waals surface area contributed by atoms with Crippen LogP contribution in [0.25, 0.3) is 11.0 Å². The maximum atomic E-state index is 12.4. The third-order valence-corrected chi connectivity index (χ3v) is 3.98. The van der Waals surface area contributed by atoms with Gasteiger partial charge in [-0.05, 0) is 19.9 Å². The van der Waals surface area contributed by atoms with E-state index in [1.54, 1.807) is 19.9 Å². The van der Waals surface area contributed by atoms with Crippen molar-refractivity contribution in [2.75, 3.05) is 0 Å². The maximum absolute atomic E-state index is 12.4. The van der Waals surface area contributed by atoms with Crippen molar-refractivity contribution in [1.82, 2.24) is 16.0 Å². The van der Waals surface area contributed by atoms with Gasteiger partial charge in [0.2, 0.25) is 0 Å². The SMILES string of the molecule is Cc1noc(C(C)C)c1C(=O)NNC(=O)c1oc2ccccc2c1C. The first-order chi connectivity index (χ1) is 11.9. The number of hydrazine groups is 1. The topological polar surface area (TPSA) is 97.4 Å². The van der Waals surface area contributed by atoms with Gasteiger partial charge in [0.05, 0.1) is 5.69 Å². The molecule has 0 radical (unpaired) electrons. The van der Waals surface area contributed by atoms with Crippen LogP contribution in [0.2, 0.25) is 0 Å². The Hall–Kier alpha value is -3.09. The predicted octanol–water partition coefficient (Wildman–Crippen LogP) is 3.24. The number of benzene rings is 1. The molecule has 7 nitrogen and oxygen atoms in total. The van der Waals surface area contributed by atoms with E-state index in [2.05, 4.69) is 16.0 Å². The first-order valence-corrected chi connectivity index (χ1v) is 7.95. The van der Waals surface area contributed by atoms with E-state index in [0.717, 1.165) is 5.39 Å². The van der Waals surface area contributed by atoms with E-state index in [-0.39, 0.29) is 11.7 Å². The average Bonchev–Trinajstić information content (AvgIpc) is 3.13. The van der Waals surface area contributed by atoms with Crippen molar-refractivity contribution in [3.8, 4) is 0 Å². The van der Waals surface area contributed by atoms with Crippen LogP contribution < -0.4 is 10.9 Å². The lowest BCUT2D eigenvalue weighted by Gasteiger charge is -2.08. The lowest BCUT2D eigenvalue weighted by atomic mass is 10.0. The van der Waals surface area contributed by atoms with Gasteiger partial charge in [-0.25, -0.2) is 0 Å². The van der Waals surface area contributed by atoms with E-state index in [0.29, 0.717) is 28.2 Å². The zero-order chi connectivity index (χ0) is 18.1. The van der Waals surface area contributed by atoms with Crippen LogP contribution >= 0.6 is 0 Å². The lowest BCUT2D eigenvalue weighted by molar-refractivity contribution is 0.0830. The number of nitrogens with zero attached hydrogens (tertiary/aromatic N) is 1. The smallest absolute Gasteiger partial charge is 0.305 e. The van der Waals surface area contributed by atoms with Gasteiger partial charge in [0.15, 0.2) is 11.5 Å². The number of rotatable bonds is 3. The number of fused-ring (bicyclic) bond motifs is 1. The molecule has 0 saturated heterocycles. The van der Waals surface area contributed by atoms with Crippen molar-refractivity contribution in [2.45, 2.75) is 33.6 Å². The minimum Gasteiger partial charge on any atom is -0.451 e. The van der Waals surface area contributed by atoms with Crippen molar-refractivity contribution in [1.29, 1.82) is 0 Å². The van der Waals surface area contributed by atoms with Gasteiger partial charge in [0.25, 0.3) is 5.91 Å². The molecule has 1 aromatic carbocycles. The van der Waals surface area contributed by atoms with Gasteiger partial charge in [-0.3, -0.25) is 20.4 Å². The summed E-state index contributed by atoms with van der Waals surface area (Å²) in [5.41, 5.74) is 6.90. The summed E-state index contributed by atoms with van der Waals surface area (Å²) in [5, 5.41) is 4.68. The Labute approximate surface area is 144 Å². The van der Waals surface area contributed by atoms with Crippen LogP contribution in [-0.4, -0.2) is 17.0 Å². The number of hydrogen-bond donors (Lipinski definition) is 2. The van der Waals surface area contributed by atoms with Crippen molar-refractivity contribution >= 4 is 22.8 Å². The maximum Gasteiger partial charge on any atom is 0.305 e. The molecule has 0 bridgehead atoms. The second-order valence-corrected chi connectivity index (χ2v) is 6.12. The molecule has 0 aliphatic carbocycles. The first-order valence-electron chi connectivity index (χ1n) is 7.95. The Kier molecular flexibility index (Phi) is 4.31. The Morgan fingerprint density at radius 3 is 2.44 bits per heavy atom. The van der Waals surface area contributed by atoms with Crippen molar-refractivity contribution in [3.05, 3.63) is 52.6 Å². The standard InChI is InChI=1S/C18H19N3O4/c1-9(2)15-14(11(4)21-25-15)17(22)19-20-18(23)16-10(3)12-7-5-6-8-13(12)24-16/h5-9H,1-4H3,(H,19,22)(H,20,23). The van der Waals surface area contributed by atoms with E-state index in [9.17, 15) is 9.59 Å². The van der Waals surface area contributed by atoms with Crippen molar-refractivity contribution in [2.24, 2.45) is 0 Å². The predicted molar refractivity (Wildman–Crippen MR) is 91.2 cm³/mol. The highest BCUT2D eigenvalue weighted by molar-refractivity contribution is 6.02. The zero-order valence-corrected chi connectivity index (χ0v) is 14.5. The van der Waals surface area contributed by atoms with Gasteiger partial charge in [0, 0.05) is 16.9 Å². The molecule has 2 heterocycles. The second-order valence-electron chi connectivity index (χ2n) is 6.12. The van der Waals surface area contributed by atoms with E-state index in [4.69, 9.17) is 8.94 Å². The number of furan rings is 1. The lowest BCUT2D eigenvalue weighted by Crippen LogP contribution is -2.42. The fourth-order valence-electron chi connectivity index (χ4n) is 2.68. The summed E-state index contributed by atoms with van der Waals surface area (Å²) in [5.74, 6) is -0.376. The van der Waals surface area contributed by atoms with Crippen molar-refractivity contribution in [3.63, 3.8) is 0 Å². The van der Waals surface area contributed by atoms with Crippen LogP contribution in [0.3, 0.4) is 0 Å². The number of carbonyl (C=O) groups is 2. The van der Waals surface area contributed by atoms with Gasteiger partial charge in [-0.15, -0.1) is 0 Å². The Bertz CT molecular complexity index is 953. The molecule has 0 aliphatic heterocycles. The Morgan fingerprint density at radius 1 is 1.08 bits per heavy atom. The summed E-state index contributed by atoms with van der Waals surface area (Å²) < 4.78 is 10.8. The van der Waals surface area contributed by atoms with Crippen LogP contribution in [0.1, 0.15) is 57.7 Å². The molecule has 0 atom stereocenters. The Balaban J connectivity index is 1.77. The quantitative estimate of drug-likeness (QED) is 0.713. The molecule has 3 aromatic rings. The van der Waals surface area contributed by atoms with Gasteiger partial charge in [-0.1, -0.05) is 37.2 Å². The van der Waals surface area contributed by atoms with Crippen LogP contribution in [-0.2, 0) is 0 Å². The molecule has 0 aliphatic rings. The molecule has 0 fully saturated rings. The van der Waals surface area contributed by atoms with Crippen LogP contribution in [0.15, 0.2) is 33.2 Å². The van der Waals surface area contributed by atoms with Gasteiger partial charge < -0.3 is 8.94 Å². The number of aromatic nitrogens is 1. The molecule has 2 amide bonds. The highest BCUT2D eigenvalue weighted by Crippen LogP contribution is 2.25. The third kappa shape index (κ3) is 3.00. The number of hydrogen-bond acceptors (Lipinski definition) is 5. The molecule has 0 unspecified atom stereocenters. The van der Waals surface area contributed by atoms with Gasteiger partial charge in [-0.2, -0.15) is 0 Å². The highest BCUT2D eigenvalue weighted by Gasteiger charge is 2.24.